The van der Waals surface area contributed by atoms with Gasteiger partial charge in [0, 0.05) is 29.9 Å². The molecule has 4 fully saturated rings. The van der Waals surface area contributed by atoms with Crippen molar-refractivity contribution in [2.45, 2.75) is 57.4 Å². The first-order valence-corrected chi connectivity index (χ1v) is 11.0. The second kappa shape index (κ2) is 6.39. The van der Waals surface area contributed by atoms with Gasteiger partial charge in [0.25, 0.3) is 5.89 Å². The van der Waals surface area contributed by atoms with E-state index < -0.39 is 0 Å². The van der Waals surface area contributed by atoms with E-state index in [-0.39, 0.29) is 11.9 Å². The number of halogens is 1. The van der Waals surface area contributed by atoms with E-state index in [0.29, 0.717) is 17.7 Å². The average molecular weight is 396 g/mol. The van der Waals surface area contributed by atoms with Crippen LogP contribution in [0.5, 0.6) is 0 Å². The highest BCUT2D eigenvalue weighted by atomic mass is 19.1. The number of rotatable bonds is 5. The lowest BCUT2D eigenvalue weighted by Gasteiger charge is -2.56. The van der Waals surface area contributed by atoms with E-state index in [4.69, 9.17) is 9.51 Å². The summed E-state index contributed by atoms with van der Waals surface area (Å²) in [6.45, 7) is 0. The predicted octanol–water partition coefficient (Wildman–Crippen LogP) is 3.97. The van der Waals surface area contributed by atoms with Gasteiger partial charge in [-0.15, -0.1) is 0 Å². The Morgan fingerprint density at radius 3 is 2.62 bits per heavy atom. The highest BCUT2D eigenvalue weighted by molar-refractivity contribution is 5.83. The molecular formula is C23H28FN4O+. The van der Waals surface area contributed by atoms with Crippen LogP contribution < -0.4 is 5.73 Å². The Morgan fingerprint density at radius 1 is 1.17 bits per heavy atom. The zero-order chi connectivity index (χ0) is 19.6. The SMILES string of the molecule is [NH3+][C@@H](Cc1c[nH]c2ccc(F)cc12)c1nc(CC23CC4CC(CC(C4)C2)C3)no1. The average Bonchev–Trinajstić information content (AvgIpc) is 3.27. The Morgan fingerprint density at radius 2 is 1.90 bits per heavy atom. The van der Waals surface area contributed by atoms with Crippen molar-refractivity contribution in [3.05, 3.63) is 47.5 Å². The van der Waals surface area contributed by atoms with Crippen molar-refractivity contribution in [2.24, 2.45) is 23.2 Å². The molecule has 2 aromatic heterocycles. The summed E-state index contributed by atoms with van der Waals surface area (Å²) >= 11 is 0. The van der Waals surface area contributed by atoms with Crippen molar-refractivity contribution >= 4 is 10.9 Å². The van der Waals surface area contributed by atoms with Gasteiger partial charge in [-0.1, -0.05) is 5.16 Å². The monoisotopic (exact) mass is 395 g/mol. The summed E-state index contributed by atoms with van der Waals surface area (Å²) < 4.78 is 19.3. The van der Waals surface area contributed by atoms with Crippen LogP contribution in [0.4, 0.5) is 4.39 Å². The summed E-state index contributed by atoms with van der Waals surface area (Å²) in [5.74, 6) is 3.99. The van der Waals surface area contributed by atoms with E-state index >= 15 is 0 Å². The third-order valence-corrected chi connectivity index (χ3v) is 7.73. The first-order chi connectivity index (χ1) is 14.1. The molecule has 0 saturated heterocycles. The van der Waals surface area contributed by atoms with Gasteiger partial charge in [-0.2, -0.15) is 4.98 Å². The molecule has 4 aliphatic rings. The molecule has 2 heterocycles. The third kappa shape index (κ3) is 3.08. The molecular weight excluding hydrogens is 367 g/mol. The Labute approximate surface area is 169 Å². The molecule has 0 spiro atoms. The molecule has 1 atom stereocenters. The molecule has 1 aromatic carbocycles. The molecule has 6 heteroatoms. The van der Waals surface area contributed by atoms with Gasteiger partial charge >= 0.3 is 0 Å². The van der Waals surface area contributed by atoms with E-state index in [1.165, 1.54) is 44.6 Å². The smallest absolute Gasteiger partial charge is 0.285 e. The van der Waals surface area contributed by atoms with Gasteiger partial charge in [0.05, 0.1) is 0 Å². The molecule has 0 radical (unpaired) electrons. The fraction of sp³-hybridized carbons (Fsp3) is 0.565. The minimum absolute atomic E-state index is 0.144. The summed E-state index contributed by atoms with van der Waals surface area (Å²) in [7, 11) is 0. The van der Waals surface area contributed by atoms with Crippen molar-refractivity contribution in [2.75, 3.05) is 0 Å². The largest absolute Gasteiger partial charge is 0.361 e. The van der Waals surface area contributed by atoms with Crippen LogP contribution in [0.2, 0.25) is 0 Å². The van der Waals surface area contributed by atoms with Gasteiger partial charge < -0.3 is 15.2 Å². The van der Waals surface area contributed by atoms with Crippen LogP contribution in [0.3, 0.4) is 0 Å². The molecule has 4 aliphatic carbocycles. The fourth-order valence-corrected chi connectivity index (χ4v) is 7.02. The summed E-state index contributed by atoms with van der Waals surface area (Å²) in [5.41, 5.74) is 6.61. The third-order valence-electron chi connectivity index (χ3n) is 7.73. The van der Waals surface area contributed by atoms with Crippen molar-refractivity contribution in [3.8, 4) is 0 Å². The lowest BCUT2D eigenvalue weighted by molar-refractivity contribution is -0.431. The molecule has 4 bridgehead atoms. The quantitative estimate of drug-likeness (QED) is 0.686. The zero-order valence-corrected chi connectivity index (χ0v) is 16.7. The molecule has 152 valence electrons. The van der Waals surface area contributed by atoms with Crippen LogP contribution in [0, 0.1) is 29.0 Å². The lowest BCUT2D eigenvalue weighted by atomic mass is 9.49. The topological polar surface area (TPSA) is 82.4 Å². The van der Waals surface area contributed by atoms with E-state index in [1.807, 2.05) is 6.20 Å². The van der Waals surface area contributed by atoms with Gasteiger partial charge in [0.15, 0.2) is 11.9 Å². The second-order valence-corrected chi connectivity index (χ2v) is 10.0. The minimum atomic E-state index is -0.227. The van der Waals surface area contributed by atoms with E-state index in [9.17, 15) is 4.39 Å². The molecule has 0 aliphatic heterocycles. The summed E-state index contributed by atoms with van der Waals surface area (Å²) in [6, 6.07) is 4.66. The number of aromatic amines is 1. The van der Waals surface area contributed by atoms with Crippen LogP contribution >= 0.6 is 0 Å². The van der Waals surface area contributed by atoms with Gasteiger partial charge in [-0.05, 0) is 85.5 Å². The van der Waals surface area contributed by atoms with E-state index in [0.717, 1.165) is 46.5 Å². The van der Waals surface area contributed by atoms with Crippen molar-refractivity contribution in [1.29, 1.82) is 0 Å². The summed E-state index contributed by atoms with van der Waals surface area (Å²) in [6.07, 6.45) is 11.9. The first kappa shape index (κ1) is 17.6. The molecule has 5 nitrogen and oxygen atoms in total. The normalized spacial score (nSPS) is 31.6. The molecule has 4 saturated carbocycles. The fourth-order valence-electron chi connectivity index (χ4n) is 7.02. The predicted molar refractivity (Wildman–Crippen MR) is 106 cm³/mol. The number of fused-ring (bicyclic) bond motifs is 1. The number of benzene rings is 1. The summed E-state index contributed by atoms with van der Waals surface area (Å²) in [4.78, 5) is 7.94. The van der Waals surface area contributed by atoms with Crippen molar-refractivity contribution in [3.63, 3.8) is 0 Å². The highest BCUT2D eigenvalue weighted by Crippen LogP contribution is 2.60. The van der Waals surface area contributed by atoms with Crippen molar-refractivity contribution < 1.29 is 14.6 Å². The Bertz CT molecular complexity index is 1020. The number of H-pyrrole nitrogens is 1. The standard InChI is InChI=1S/C23H27FN4O/c24-17-1-2-20-18(7-17)16(12-26-20)6-19(25)22-27-21(28-29-22)11-23-8-13-3-14(9-23)5-15(4-13)10-23/h1-2,7,12-15,19,26H,3-6,8-11,25H2/p+1/t13?,14?,15?,19-,23?/m0/s1. The van der Waals surface area contributed by atoms with E-state index in [2.05, 4.69) is 15.9 Å². The maximum absolute atomic E-state index is 13.6. The number of quaternary nitrogens is 1. The maximum atomic E-state index is 13.6. The Kier molecular flexibility index (Phi) is 3.89. The van der Waals surface area contributed by atoms with Crippen LogP contribution in [0.15, 0.2) is 28.9 Å². The van der Waals surface area contributed by atoms with Gasteiger partial charge in [0.1, 0.15) is 5.82 Å². The van der Waals surface area contributed by atoms with Crippen molar-refractivity contribution in [1.82, 2.24) is 15.1 Å². The molecule has 7 rings (SSSR count). The maximum Gasteiger partial charge on any atom is 0.285 e. The summed E-state index contributed by atoms with van der Waals surface area (Å²) in [5, 5.41) is 5.22. The van der Waals surface area contributed by atoms with Gasteiger partial charge in [0.2, 0.25) is 0 Å². The van der Waals surface area contributed by atoms with Crippen LogP contribution in [-0.4, -0.2) is 15.1 Å². The first-order valence-electron chi connectivity index (χ1n) is 11.0. The molecule has 4 N–H and O–H groups in total. The van der Waals surface area contributed by atoms with Crippen LogP contribution in [0.25, 0.3) is 10.9 Å². The number of hydrogen-bond donors (Lipinski definition) is 2. The number of aromatic nitrogens is 3. The number of nitrogens with one attached hydrogen (secondary N) is 1. The number of nitrogens with zero attached hydrogens (tertiary/aromatic N) is 2. The molecule has 3 aromatic rings. The van der Waals surface area contributed by atoms with Gasteiger partial charge in [-0.25, -0.2) is 4.39 Å². The number of hydrogen-bond acceptors (Lipinski definition) is 3. The lowest BCUT2D eigenvalue weighted by Crippen LogP contribution is -2.54. The highest BCUT2D eigenvalue weighted by Gasteiger charge is 2.51. The second-order valence-electron chi connectivity index (χ2n) is 10.0. The molecule has 0 unspecified atom stereocenters. The van der Waals surface area contributed by atoms with Crippen LogP contribution in [-0.2, 0) is 12.8 Å². The zero-order valence-electron chi connectivity index (χ0n) is 16.7. The Hall–Kier alpha value is -2.21. The van der Waals surface area contributed by atoms with E-state index in [1.54, 1.807) is 12.1 Å². The molecule has 0 amide bonds. The molecule has 29 heavy (non-hydrogen) atoms. The van der Waals surface area contributed by atoms with Gasteiger partial charge in [-0.3, -0.25) is 0 Å². The van der Waals surface area contributed by atoms with Crippen LogP contribution in [0.1, 0.15) is 61.8 Å². The Balaban J connectivity index is 1.19. The minimum Gasteiger partial charge on any atom is -0.361 e.